The summed E-state index contributed by atoms with van der Waals surface area (Å²) in [5.41, 5.74) is 13.4. The van der Waals surface area contributed by atoms with Gasteiger partial charge in [-0.05, 0) is 72.2 Å². The van der Waals surface area contributed by atoms with Crippen molar-refractivity contribution in [2.45, 2.75) is 32.6 Å². The number of methoxy groups -OCH3 is 1. The summed E-state index contributed by atoms with van der Waals surface area (Å²) in [6, 6.07) is 10.8. The summed E-state index contributed by atoms with van der Waals surface area (Å²) in [5, 5.41) is 0. The van der Waals surface area contributed by atoms with Crippen LogP contribution in [0.2, 0.25) is 0 Å². The van der Waals surface area contributed by atoms with Crippen LogP contribution in [0.4, 0.5) is 5.69 Å². The van der Waals surface area contributed by atoms with Crippen LogP contribution in [0.25, 0.3) is 11.1 Å². The maximum Gasteiger partial charge on any atom is 0.126 e. The van der Waals surface area contributed by atoms with Crippen molar-refractivity contribution >= 4 is 5.69 Å². The van der Waals surface area contributed by atoms with Gasteiger partial charge in [-0.1, -0.05) is 13.0 Å². The van der Waals surface area contributed by atoms with Gasteiger partial charge in [0.15, 0.2) is 0 Å². The zero-order valence-electron chi connectivity index (χ0n) is 12.2. The lowest BCUT2D eigenvalue weighted by atomic mass is 9.96. The van der Waals surface area contributed by atoms with Gasteiger partial charge >= 0.3 is 0 Å². The zero-order valence-corrected chi connectivity index (χ0v) is 12.2. The van der Waals surface area contributed by atoms with E-state index in [1.165, 1.54) is 47.1 Å². The molecule has 0 heterocycles. The van der Waals surface area contributed by atoms with Crippen molar-refractivity contribution in [3.8, 4) is 16.9 Å². The standard InChI is InChI=1S/C18H21NO/c1-3-12-9-15(7-8-17(12)19)16-10-13-5-4-6-14(13)11-18(16)20-2/h7-11H,3-6,19H2,1-2H3. The number of aryl methyl sites for hydroxylation is 3. The Hall–Kier alpha value is -1.96. The Morgan fingerprint density at radius 3 is 2.55 bits per heavy atom. The van der Waals surface area contributed by atoms with Crippen LogP contribution in [-0.2, 0) is 19.3 Å². The second-order valence-electron chi connectivity index (χ2n) is 5.44. The van der Waals surface area contributed by atoms with Crippen LogP contribution in [0, 0.1) is 0 Å². The third kappa shape index (κ3) is 2.15. The van der Waals surface area contributed by atoms with E-state index in [2.05, 4.69) is 31.2 Å². The molecule has 0 spiro atoms. The average Bonchev–Trinajstić information content (AvgIpc) is 2.93. The molecule has 0 aromatic heterocycles. The molecular formula is C18H21NO. The largest absolute Gasteiger partial charge is 0.496 e. The summed E-state index contributed by atoms with van der Waals surface area (Å²) in [5.74, 6) is 0.970. The lowest BCUT2D eigenvalue weighted by Crippen LogP contribution is -1.96. The molecule has 1 aliphatic rings. The van der Waals surface area contributed by atoms with Crippen molar-refractivity contribution in [1.29, 1.82) is 0 Å². The zero-order chi connectivity index (χ0) is 14.1. The Labute approximate surface area is 120 Å². The minimum Gasteiger partial charge on any atom is -0.496 e. The van der Waals surface area contributed by atoms with Crippen LogP contribution in [-0.4, -0.2) is 7.11 Å². The van der Waals surface area contributed by atoms with Crippen molar-refractivity contribution < 1.29 is 4.74 Å². The van der Waals surface area contributed by atoms with Crippen molar-refractivity contribution in [3.63, 3.8) is 0 Å². The molecular weight excluding hydrogens is 246 g/mol. The van der Waals surface area contributed by atoms with Crippen LogP contribution in [0.1, 0.15) is 30.0 Å². The van der Waals surface area contributed by atoms with Gasteiger partial charge < -0.3 is 10.5 Å². The SMILES string of the molecule is CCc1cc(-c2cc3c(cc2OC)CCC3)ccc1N. The first-order chi connectivity index (χ1) is 9.72. The highest BCUT2D eigenvalue weighted by atomic mass is 16.5. The van der Waals surface area contributed by atoms with Crippen molar-refractivity contribution in [1.82, 2.24) is 0 Å². The van der Waals surface area contributed by atoms with Gasteiger partial charge in [0, 0.05) is 11.3 Å². The molecule has 0 atom stereocenters. The maximum atomic E-state index is 6.01. The molecule has 3 rings (SSSR count). The van der Waals surface area contributed by atoms with E-state index in [1.54, 1.807) is 7.11 Å². The van der Waals surface area contributed by atoms with Crippen molar-refractivity contribution in [2.75, 3.05) is 12.8 Å². The lowest BCUT2D eigenvalue weighted by Gasteiger charge is -2.13. The first-order valence-electron chi connectivity index (χ1n) is 7.31. The molecule has 0 amide bonds. The summed E-state index contributed by atoms with van der Waals surface area (Å²) in [6.45, 7) is 2.13. The van der Waals surface area contributed by atoms with E-state index in [4.69, 9.17) is 10.5 Å². The second-order valence-corrected chi connectivity index (χ2v) is 5.44. The lowest BCUT2D eigenvalue weighted by molar-refractivity contribution is 0.416. The van der Waals surface area contributed by atoms with Crippen LogP contribution < -0.4 is 10.5 Å². The van der Waals surface area contributed by atoms with E-state index in [0.29, 0.717) is 0 Å². The molecule has 1 aliphatic carbocycles. The van der Waals surface area contributed by atoms with Crippen LogP contribution in [0.3, 0.4) is 0 Å². The van der Waals surface area contributed by atoms with E-state index in [-0.39, 0.29) is 0 Å². The molecule has 0 saturated heterocycles. The third-order valence-corrected chi connectivity index (χ3v) is 4.25. The fourth-order valence-corrected chi connectivity index (χ4v) is 3.08. The van der Waals surface area contributed by atoms with Crippen molar-refractivity contribution in [3.05, 3.63) is 47.0 Å². The number of rotatable bonds is 3. The number of hydrogen-bond donors (Lipinski definition) is 1. The van der Waals surface area contributed by atoms with Gasteiger partial charge in [-0.15, -0.1) is 0 Å². The van der Waals surface area contributed by atoms with Crippen LogP contribution in [0.5, 0.6) is 5.75 Å². The quantitative estimate of drug-likeness (QED) is 0.853. The number of fused-ring (bicyclic) bond motifs is 1. The van der Waals surface area contributed by atoms with E-state index in [1.807, 2.05) is 6.07 Å². The normalized spacial score (nSPS) is 13.3. The molecule has 0 unspecified atom stereocenters. The average molecular weight is 267 g/mol. The summed E-state index contributed by atoms with van der Waals surface area (Å²) in [7, 11) is 1.75. The summed E-state index contributed by atoms with van der Waals surface area (Å²) >= 11 is 0. The van der Waals surface area contributed by atoms with Gasteiger partial charge in [0.25, 0.3) is 0 Å². The molecule has 104 valence electrons. The summed E-state index contributed by atoms with van der Waals surface area (Å²) in [6.07, 6.45) is 4.56. The van der Waals surface area contributed by atoms with Crippen LogP contribution >= 0.6 is 0 Å². The number of nitrogens with two attached hydrogens (primary N) is 1. The molecule has 0 saturated carbocycles. The van der Waals surface area contributed by atoms with Crippen molar-refractivity contribution in [2.24, 2.45) is 0 Å². The second kappa shape index (κ2) is 5.20. The molecule has 2 N–H and O–H groups in total. The number of nitrogen functional groups attached to an aromatic ring is 1. The van der Waals surface area contributed by atoms with E-state index in [9.17, 15) is 0 Å². The molecule has 2 aromatic carbocycles. The Morgan fingerprint density at radius 1 is 1.10 bits per heavy atom. The topological polar surface area (TPSA) is 35.2 Å². The summed E-state index contributed by atoms with van der Waals surface area (Å²) in [4.78, 5) is 0. The Balaban J connectivity index is 2.13. The molecule has 0 fully saturated rings. The highest BCUT2D eigenvalue weighted by molar-refractivity contribution is 5.74. The minimum atomic E-state index is 0.872. The molecule has 2 nitrogen and oxygen atoms in total. The summed E-state index contributed by atoms with van der Waals surface area (Å²) < 4.78 is 5.60. The minimum absolute atomic E-state index is 0.872. The number of benzene rings is 2. The Kier molecular flexibility index (Phi) is 3.39. The first-order valence-corrected chi connectivity index (χ1v) is 7.31. The molecule has 0 aliphatic heterocycles. The third-order valence-electron chi connectivity index (χ3n) is 4.25. The van der Waals surface area contributed by atoms with Gasteiger partial charge in [-0.2, -0.15) is 0 Å². The number of anilines is 1. The fraction of sp³-hybridized carbons (Fsp3) is 0.333. The molecule has 2 heteroatoms. The first kappa shape index (κ1) is 13.0. The smallest absolute Gasteiger partial charge is 0.126 e. The van der Waals surface area contributed by atoms with Gasteiger partial charge in [-0.25, -0.2) is 0 Å². The molecule has 20 heavy (non-hydrogen) atoms. The molecule has 2 aromatic rings. The van der Waals surface area contributed by atoms with E-state index >= 15 is 0 Å². The fourth-order valence-electron chi connectivity index (χ4n) is 3.08. The number of ether oxygens (including phenoxy) is 1. The van der Waals surface area contributed by atoms with E-state index < -0.39 is 0 Å². The van der Waals surface area contributed by atoms with Gasteiger partial charge in [0.2, 0.25) is 0 Å². The Bertz CT molecular complexity index is 646. The maximum absolute atomic E-state index is 6.01. The molecule has 0 bridgehead atoms. The van der Waals surface area contributed by atoms with Crippen LogP contribution in [0.15, 0.2) is 30.3 Å². The number of hydrogen-bond acceptors (Lipinski definition) is 2. The van der Waals surface area contributed by atoms with Gasteiger partial charge in [-0.3, -0.25) is 0 Å². The van der Waals surface area contributed by atoms with Gasteiger partial charge in [0.05, 0.1) is 7.11 Å². The highest BCUT2D eigenvalue weighted by Crippen LogP contribution is 2.37. The van der Waals surface area contributed by atoms with E-state index in [0.717, 1.165) is 17.9 Å². The Morgan fingerprint density at radius 2 is 1.85 bits per heavy atom. The van der Waals surface area contributed by atoms with Gasteiger partial charge in [0.1, 0.15) is 5.75 Å². The monoisotopic (exact) mass is 267 g/mol. The predicted octanol–water partition coefficient (Wildman–Crippen LogP) is 4.00. The highest BCUT2D eigenvalue weighted by Gasteiger charge is 2.16. The predicted molar refractivity (Wildman–Crippen MR) is 84.2 cm³/mol. The molecule has 0 radical (unpaired) electrons.